The average Bonchev–Trinajstić information content (AvgIpc) is 3.19. The predicted octanol–water partition coefficient (Wildman–Crippen LogP) is 4.63. The lowest BCUT2D eigenvalue weighted by molar-refractivity contribution is -0.138. The number of amides is 2. The Hall–Kier alpha value is -4.16. The first kappa shape index (κ1) is 26.4. The number of alkyl halides is 3. The summed E-state index contributed by atoms with van der Waals surface area (Å²) in [5, 5.41) is 10.1. The van der Waals surface area contributed by atoms with Gasteiger partial charge in [0, 0.05) is 57.3 Å². The minimum absolute atomic E-state index is 0.0600. The molecule has 1 fully saturated rings. The number of nitrogens with one attached hydrogen (secondary N) is 2. The molecule has 0 spiro atoms. The Bertz CT molecular complexity index is 1490. The number of carbonyl (C=O) groups excluding carboxylic acids is 1. The Morgan fingerprint density at radius 2 is 1.64 bits per heavy atom. The first-order chi connectivity index (χ1) is 18.6. The van der Waals surface area contributed by atoms with Gasteiger partial charge in [-0.2, -0.15) is 18.3 Å². The molecular weight excluding hydrogens is 509 g/mol. The fourth-order valence-corrected chi connectivity index (χ4v) is 4.78. The molecule has 0 aliphatic carbocycles. The summed E-state index contributed by atoms with van der Waals surface area (Å²) in [6.07, 6.45) is -2.87. The Morgan fingerprint density at radius 3 is 2.33 bits per heavy atom. The third-order valence-corrected chi connectivity index (χ3v) is 6.87. The molecule has 0 radical (unpaired) electrons. The van der Waals surface area contributed by atoms with E-state index in [2.05, 4.69) is 25.6 Å². The lowest BCUT2D eigenvalue weighted by atomic mass is 10.0. The molecule has 9 nitrogen and oxygen atoms in total. The number of halogens is 3. The van der Waals surface area contributed by atoms with Crippen LogP contribution in [-0.2, 0) is 19.8 Å². The van der Waals surface area contributed by atoms with Crippen LogP contribution >= 0.6 is 0 Å². The van der Waals surface area contributed by atoms with Crippen molar-refractivity contribution in [1.82, 2.24) is 24.6 Å². The third kappa shape index (κ3) is 5.81. The molecule has 3 heterocycles. The number of nitrogens with two attached hydrogens (primary N) is 1. The molecular formula is C27H29F3N8O. The molecule has 4 aromatic rings. The van der Waals surface area contributed by atoms with Crippen LogP contribution in [0.5, 0.6) is 0 Å². The van der Waals surface area contributed by atoms with E-state index in [0.29, 0.717) is 30.2 Å². The second-order valence-corrected chi connectivity index (χ2v) is 9.67. The van der Waals surface area contributed by atoms with Crippen LogP contribution in [0.3, 0.4) is 0 Å². The van der Waals surface area contributed by atoms with Crippen molar-refractivity contribution in [3.63, 3.8) is 0 Å². The molecule has 204 valence electrons. The highest BCUT2D eigenvalue weighted by atomic mass is 19.4. The molecule has 1 saturated heterocycles. The quantitative estimate of drug-likeness (QED) is 0.342. The number of nitrogens with zero attached hydrogens (tertiary/aromatic N) is 5. The van der Waals surface area contributed by atoms with E-state index >= 15 is 0 Å². The minimum atomic E-state index is -4.54. The van der Waals surface area contributed by atoms with Gasteiger partial charge in [-0.1, -0.05) is 18.2 Å². The van der Waals surface area contributed by atoms with Crippen LogP contribution in [0.1, 0.15) is 11.1 Å². The first-order valence-electron chi connectivity index (χ1n) is 12.4. The number of pyridine rings is 1. The number of anilines is 3. The molecule has 2 aromatic heterocycles. The van der Waals surface area contributed by atoms with Crippen molar-refractivity contribution in [1.29, 1.82) is 0 Å². The van der Waals surface area contributed by atoms with Crippen LogP contribution in [0.25, 0.3) is 22.2 Å². The van der Waals surface area contributed by atoms with Crippen molar-refractivity contribution in [2.75, 3.05) is 49.6 Å². The number of fused-ring (bicyclic) bond motifs is 1. The molecule has 5 rings (SSSR count). The average molecular weight is 539 g/mol. The third-order valence-electron chi connectivity index (χ3n) is 6.87. The monoisotopic (exact) mass is 538 g/mol. The van der Waals surface area contributed by atoms with Gasteiger partial charge in [0.15, 0.2) is 11.5 Å². The molecule has 1 aliphatic heterocycles. The zero-order valence-electron chi connectivity index (χ0n) is 21.6. The standard InChI is InChI=1S/C27H29F3N8O/c1-36-11-13-38(14-12-36)16-18-5-8-20(15-22(18)27(28,29)30)34-26(39)33-19-6-3-17(4-7-19)21-9-10-32-25-23(21)24(31)35-37(25)2/h3-10,15H,11-14,16H2,1-2H3,(H2,31,35)(H2,33,34,39). The summed E-state index contributed by atoms with van der Waals surface area (Å²) < 4.78 is 43.2. The number of likely N-dealkylation sites (N-methyl/N-ethyl adjacent to an activating group) is 1. The summed E-state index contributed by atoms with van der Waals surface area (Å²) in [7, 11) is 3.76. The number of nitrogen functional groups attached to an aromatic ring is 1. The highest BCUT2D eigenvalue weighted by Gasteiger charge is 2.34. The van der Waals surface area contributed by atoms with E-state index in [4.69, 9.17) is 5.73 Å². The Morgan fingerprint density at radius 1 is 0.974 bits per heavy atom. The first-order valence-corrected chi connectivity index (χ1v) is 12.4. The molecule has 12 heteroatoms. The van der Waals surface area contributed by atoms with Gasteiger partial charge in [0.25, 0.3) is 0 Å². The lowest BCUT2D eigenvalue weighted by Gasteiger charge is -2.33. The molecule has 0 bridgehead atoms. The van der Waals surface area contributed by atoms with Crippen molar-refractivity contribution in [2.24, 2.45) is 7.05 Å². The van der Waals surface area contributed by atoms with E-state index in [9.17, 15) is 18.0 Å². The zero-order chi connectivity index (χ0) is 27.7. The topological polar surface area (TPSA) is 104 Å². The Labute approximate surface area is 223 Å². The number of carbonyl (C=O) groups is 1. The number of hydrogen-bond acceptors (Lipinski definition) is 6. The van der Waals surface area contributed by atoms with Crippen LogP contribution < -0.4 is 16.4 Å². The molecule has 39 heavy (non-hydrogen) atoms. The van der Waals surface area contributed by atoms with Gasteiger partial charge in [-0.05, 0) is 54.1 Å². The normalized spacial score (nSPS) is 15.0. The maximum atomic E-state index is 13.9. The summed E-state index contributed by atoms with van der Waals surface area (Å²) in [6, 6.07) is 12.1. The number of benzene rings is 2. The van der Waals surface area contributed by atoms with Gasteiger partial charge in [0.05, 0.1) is 10.9 Å². The van der Waals surface area contributed by atoms with Crippen molar-refractivity contribution in [2.45, 2.75) is 12.7 Å². The van der Waals surface area contributed by atoms with E-state index in [1.54, 1.807) is 30.1 Å². The zero-order valence-corrected chi connectivity index (χ0v) is 21.6. The Balaban J connectivity index is 1.28. The van der Waals surface area contributed by atoms with Gasteiger partial charge in [0.1, 0.15) is 0 Å². The summed E-state index contributed by atoms with van der Waals surface area (Å²) in [6.45, 7) is 3.24. The van der Waals surface area contributed by atoms with Crippen molar-refractivity contribution in [3.8, 4) is 11.1 Å². The molecule has 1 aliphatic rings. The number of hydrogen-bond donors (Lipinski definition) is 3. The van der Waals surface area contributed by atoms with Crippen molar-refractivity contribution < 1.29 is 18.0 Å². The summed E-state index contributed by atoms with van der Waals surface area (Å²) in [4.78, 5) is 21.1. The van der Waals surface area contributed by atoms with Gasteiger partial charge in [-0.25, -0.2) is 14.5 Å². The largest absolute Gasteiger partial charge is 0.416 e. The highest BCUT2D eigenvalue weighted by Crippen LogP contribution is 2.35. The number of aromatic nitrogens is 3. The minimum Gasteiger partial charge on any atom is -0.382 e. The predicted molar refractivity (Wildman–Crippen MR) is 145 cm³/mol. The molecule has 0 unspecified atom stereocenters. The SMILES string of the molecule is CN1CCN(Cc2ccc(NC(=O)Nc3ccc(-c4ccnc5c4c(N)nn5C)cc3)cc2C(F)(F)F)CC1. The maximum Gasteiger partial charge on any atom is 0.416 e. The smallest absolute Gasteiger partial charge is 0.382 e. The molecule has 4 N–H and O–H groups in total. The van der Waals surface area contributed by atoms with Gasteiger partial charge in [0.2, 0.25) is 0 Å². The van der Waals surface area contributed by atoms with Crippen molar-refractivity contribution in [3.05, 3.63) is 65.9 Å². The summed E-state index contributed by atoms with van der Waals surface area (Å²) in [5.74, 6) is 0.366. The van der Waals surface area contributed by atoms with E-state index in [0.717, 1.165) is 35.7 Å². The van der Waals surface area contributed by atoms with E-state index in [1.165, 1.54) is 12.1 Å². The summed E-state index contributed by atoms with van der Waals surface area (Å²) in [5.41, 5.74) is 8.39. The van der Waals surface area contributed by atoms with Crippen LogP contribution in [0.2, 0.25) is 0 Å². The van der Waals surface area contributed by atoms with Gasteiger partial charge < -0.3 is 21.3 Å². The van der Waals surface area contributed by atoms with Gasteiger partial charge >= 0.3 is 12.2 Å². The second-order valence-electron chi connectivity index (χ2n) is 9.67. The summed E-state index contributed by atoms with van der Waals surface area (Å²) >= 11 is 0. The molecule has 0 atom stereocenters. The van der Waals surface area contributed by atoms with Crippen molar-refractivity contribution >= 4 is 34.3 Å². The number of rotatable bonds is 5. The Kier molecular flexibility index (Phi) is 7.15. The van der Waals surface area contributed by atoms with Crippen LogP contribution in [-0.4, -0.2) is 63.8 Å². The number of piperazine rings is 1. The number of aryl methyl sites for hydroxylation is 1. The van der Waals surface area contributed by atoms with E-state index < -0.39 is 17.8 Å². The number of urea groups is 1. The van der Waals surface area contributed by atoms with Crippen LogP contribution in [0, 0.1) is 0 Å². The van der Waals surface area contributed by atoms with E-state index in [-0.39, 0.29) is 17.8 Å². The van der Waals surface area contributed by atoms with Crippen LogP contribution in [0.4, 0.5) is 35.2 Å². The van der Waals surface area contributed by atoms with Gasteiger partial charge in [-0.3, -0.25) is 4.90 Å². The highest BCUT2D eigenvalue weighted by molar-refractivity contribution is 6.01. The van der Waals surface area contributed by atoms with Gasteiger partial charge in [-0.15, -0.1) is 0 Å². The maximum absolute atomic E-state index is 13.9. The fourth-order valence-electron chi connectivity index (χ4n) is 4.78. The molecule has 2 amide bonds. The molecule has 2 aromatic carbocycles. The van der Waals surface area contributed by atoms with E-state index in [1.807, 2.05) is 30.1 Å². The fraction of sp³-hybridized carbons (Fsp3) is 0.296. The lowest BCUT2D eigenvalue weighted by Crippen LogP contribution is -2.44. The second kappa shape index (κ2) is 10.5. The molecule has 0 saturated carbocycles. The van der Waals surface area contributed by atoms with Crippen LogP contribution in [0.15, 0.2) is 54.7 Å².